The lowest BCUT2D eigenvalue weighted by Crippen LogP contribution is -2.55. The SMILES string of the molecule is CNC(C)(C)C(=O)N(C)C(C)C(=O)O. The first-order valence-electron chi connectivity index (χ1n) is 4.43. The summed E-state index contributed by atoms with van der Waals surface area (Å²) in [6, 6.07) is -0.810. The van der Waals surface area contributed by atoms with E-state index in [9.17, 15) is 9.59 Å². The minimum absolute atomic E-state index is 0.241. The van der Waals surface area contributed by atoms with Crippen LogP contribution < -0.4 is 5.32 Å². The topological polar surface area (TPSA) is 69.6 Å². The zero-order chi connectivity index (χ0) is 11.5. The monoisotopic (exact) mass is 202 g/mol. The number of rotatable bonds is 4. The quantitative estimate of drug-likeness (QED) is 0.668. The highest BCUT2D eigenvalue weighted by Gasteiger charge is 2.32. The molecule has 0 bridgehead atoms. The van der Waals surface area contributed by atoms with E-state index in [1.165, 1.54) is 18.9 Å². The number of carboxylic acids is 1. The molecule has 1 atom stereocenters. The molecule has 0 heterocycles. The van der Waals surface area contributed by atoms with Gasteiger partial charge < -0.3 is 15.3 Å². The van der Waals surface area contributed by atoms with E-state index in [1.807, 2.05) is 0 Å². The third-order valence-corrected chi connectivity index (χ3v) is 2.42. The van der Waals surface area contributed by atoms with Gasteiger partial charge in [0.15, 0.2) is 0 Å². The van der Waals surface area contributed by atoms with Crippen molar-refractivity contribution in [2.75, 3.05) is 14.1 Å². The number of likely N-dealkylation sites (N-methyl/N-ethyl adjacent to an activating group) is 2. The van der Waals surface area contributed by atoms with Crippen LogP contribution in [0.2, 0.25) is 0 Å². The first-order chi connectivity index (χ1) is 6.24. The zero-order valence-electron chi connectivity index (χ0n) is 9.29. The van der Waals surface area contributed by atoms with Crippen molar-refractivity contribution in [3.05, 3.63) is 0 Å². The molecule has 1 amide bonds. The van der Waals surface area contributed by atoms with Gasteiger partial charge in [-0.15, -0.1) is 0 Å². The molecule has 1 unspecified atom stereocenters. The lowest BCUT2D eigenvalue weighted by molar-refractivity contribution is -0.150. The number of carbonyl (C=O) groups excluding carboxylic acids is 1. The molecule has 0 aromatic carbocycles. The molecule has 5 heteroatoms. The van der Waals surface area contributed by atoms with E-state index in [0.717, 1.165) is 0 Å². The second-order valence-electron chi connectivity index (χ2n) is 3.81. The third kappa shape index (κ3) is 2.70. The molecule has 0 radical (unpaired) electrons. The van der Waals surface area contributed by atoms with Crippen LogP contribution in [0.4, 0.5) is 0 Å². The summed E-state index contributed by atoms with van der Waals surface area (Å²) >= 11 is 0. The van der Waals surface area contributed by atoms with Gasteiger partial charge in [0, 0.05) is 7.05 Å². The Labute approximate surface area is 84.1 Å². The summed E-state index contributed by atoms with van der Waals surface area (Å²) in [7, 11) is 3.15. The van der Waals surface area contributed by atoms with Crippen LogP contribution in [0, 0.1) is 0 Å². The molecule has 0 aliphatic carbocycles. The summed E-state index contributed by atoms with van der Waals surface area (Å²) in [5, 5.41) is 11.6. The van der Waals surface area contributed by atoms with Gasteiger partial charge in [-0.25, -0.2) is 4.79 Å². The van der Waals surface area contributed by atoms with E-state index < -0.39 is 17.6 Å². The highest BCUT2D eigenvalue weighted by Crippen LogP contribution is 2.08. The fraction of sp³-hybridized carbons (Fsp3) is 0.778. The van der Waals surface area contributed by atoms with Gasteiger partial charge in [-0.1, -0.05) is 0 Å². The van der Waals surface area contributed by atoms with Crippen LogP contribution in [-0.4, -0.2) is 47.6 Å². The fourth-order valence-electron chi connectivity index (χ4n) is 0.889. The maximum Gasteiger partial charge on any atom is 0.326 e. The number of aliphatic carboxylic acids is 1. The number of carbonyl (C=O) groups is 2. The Morgan fingerprint density at radius 2 is 1.86 bits per heavy atom. The van der Waals surface area contributed by atoms with Gasteiger partial charge in [0.25, 0.3) is 0 Å². The Morgan fingerprint density at radius 3 is 2.14 bits per heavy atom. The average Bonchev–Trinajstić information content (AvgIpc) is 2.14. The maximum atomic E-state index is 11.7. The Balaban J connectivity index is 4.63. The molecule has 0 aromatic heterocycles. The molecule has 2 N–H and O–H groups in total. The lowest BCUT2D eigenvalue weighted by atomic mass is 10.0. The van der Waals surface area contributed by atoms with Crippen LogP contribution >= 0.6 is 0 Å². The van der Waals surface area contributed by atoms with Crippen molar-refractivity contribution in [1.82, 2.24) is 10.2 Å². The summed E-state index contributed by atoms with van der Waals surface area (Å²) in [6.07, 6.45) is 0. The predicted octanol–water partition coefficient (Wildman–Crippen LogP) is -0.0841. The van der Waals surface area contributed by atoms with Crippen LogP contribution in [0.5, 0.6) is 0 Å². The second-order valence-corrected chi connectivity index (χ2v) is 3.81. The van der Waals surface area contributed by atoms with Crippen molar-refractivity contribution in [1.29, 1.82) is 0 Å². The Bertz CT molecular complexity index is 238. The number of hydrogen-bond donors (Lipinski definition) is 2. The van der Waals surface area contributed by atoms with Crippen LogP contribution in [0.25, 0.3) is 0 Å². The van der Waals surface area contributed by atoms with Gasteiger partial charge in [0.2, 0.25) is 5.91 Å². The molecule has 0 aliphatic heterocycles. The first kappa shape index (κ1) is 12.9. The molecule has 0 aliphatic rings. The molecule has 82 valence electrons. The summed E-state index contributed by atoms with van der Waals surface area (Å²) in [5.74, 6) is -1.25. The smallest absolute Gasteiger partial charge is 0.326 e. The Hall–Kier alpha value is -1.10. The molecule has 0 spiro atoms. The molecule has 0 fully saturated rings. The van der Waals surface area contributed by atoms with E-state index in [2.05, 4.69) is 5.32 Å². The summed E-state index contributed by atoms with van der Waals surface area (Å²) in [4.78, 5) is 23.6. The standard InChI is InChI=1S/C9H18N2O3/c1-6(7(12)13)11(5)8(14)9(2,3)10-4/h6,10H,1-5H3,(H,12,13). The van der Waals surface area contributed by atoms with Gasteiger partial charge in [0.05, 0.1) is 5.54 Å². The fourth-order valence-corrected chi connectivity index (χ4v) is 0.889. The van der Waals surface area contributed by atoms with Crippen LogP contribution in [0.1, 0.15) is 20.8 Å². The largest absolute Gasteiger partial charge is 0.480 e. The van der Waals surface area contributed by atoms with Crippen molar-refractivity contribution in [3.63, 3.8) is 0 Å². The average molecular weight is 202 g/mol. The number of carboxylic acid groups (broad SMARTS) is 1. The van der Waals surface area contributed by atoms with Crippen LogP contribution in [-0.2, 0) is 9.59 Å². The minimum Gasteiger partial charge on any atom is -0.480 e. The van der Waals surface area contributed by atoms with Gasteiger partial charge in [-0.05, 0) is 27.8 Å². The molecule has 5 nitrogen and oxygen atoms in total. The van der Waals surface area contributed by atoms with Gasteiger partial charge >= 0.3 is 5.97 Å². The van der Waals surface area contributed by atoms with Crippen molar-refractivity contribution < 1.29 is 14.7 Å². The Morgan fingerprint density at radius 1 is 1.43 bits per heavy atom. The number of nitrogens with zero attached hydrogens (tertiary/aromatic N) is 1. The minimum atomic E-state index is -1.01. The van der Waals surface area contributed by atoms with E-state index in [-0.39, 0.29) is 5.91 Å². The number of hydrogen-bond acceptors (Lipinski definition) is 3. The van der Waals surface area contributed by atoms with E-state index in [0.29, 0.717) is 0 Å². The van der Waals surface area contributed by atoms with Crippen molar-refractivity contribution in [2.24, 2.45) is 0 Å². The summed E-state index contributed by atoms with van der Waals surface area (Å²) in [5.41, 5.74) is -0.738. The van der Waals surface area contributed by atoms with Crippen molar-refractivity contribution in [2.45, 2.75) is 32.4 Å². The summed E-state index contributed by atoms with van der Waals surface area (Å²) < 4.78 is 0. The molecule has 0 rings (SSSR count). The molecular weight excluding hydrogens is 184 g/mol. The highest BCUT2D eigenvalue weighted by molar-refractivity contribution is 5.89. The van der Waals surface area contributed by atoms with Crippen molar-refractivity contribution in [3.8, 4) is 0 Å². The molecule has 0 aromatic rings. The molecule has 0 saturated heterocycles. The van der Waals surface area contributed by atoms with Gasteiger partial charge in [0.1, 0.15) is 6.04 Å². The molecular formula is C9H18N2O3. The summed E-state index contributed by atoms with van der Waals surface area (Å²) in [6.45, 7) is 4.90. The maximum absolute atomic E-state index is 11.7. The van der Waals surface area contributed by atoms with Crippen molar-refractivity contribution >= 4 is 11.9 Å². The molecule has 14 heavy (non-hydrogen) atoms. The number of nitrogens with one attached hydrogen (secondary N) is 1. The third-order valence-electron chi connectivity index (χ3n) is 2.42. The lowest BCUT2D eigenvalue weighted by Gasteiger charge is -2.31. The zero-order valence-corrected chi connectivity index (χ0v) is 9.29. The van der Waals surface area contributed by atoms with E-state index in [1.54, 1.807) is 20.9 Å². The van der Waals surface area contributed by atoms with Crippen LogP contribution in [0.3, 0.4) is 0 Å². The molecule has 0 saturated carbocycles. The van der Waals surface area contributed by atoms with Gasteiger partial charge in [-0.3, -0.25) is 4.79 Å². The first-order valence-corrected chi connectivity index (χ1v) is 4.43. The van der Waals surface area contributed by atoms with Gasteiger partial charge in [-0.2, -0.15) is 0 Å². The van der Waals surface area contributed by atoms with E-state index >= 15 is 0 Å². The number of amides is 1. The van der Waals surface area contributed by atoms with Crippen LogP contribution in [0.15, 0.2) is 0 Å². The highest BCUT2D eigenvalue weighted by atomic mass is 16.4. The Kier molecular flexibility index (Phi) is 4.07. The normalized spacial score (nSPS) is 13.5. The predicted molar refractivity (Wildman–Crippen MR) is 53.0 cm³/mol. The second kappa shape index (κ2) is 4.41. The van der Waals surface area contributed by atoms with E-state index in [4.69, 9.17) is 5.11 Å².